The van der Waals surface area contributed by atoms with Crippen molar-refractivity contribution in [2.75, 3.05) is 6.54 Å². The second kappa shape index (κ2) is 8.23. The van der Waals surface area contributed by atoms with E-state index in [1.807, 2.05) is 48.5 Å². The van der Waals surface area contributed by atoms with Crippen LogP contribution < -0.4 is 5.32 Å². The van der Waals surface area contributed by atoms with E-state index < -0.39 is 36.0 Å². The molecule has 1 saturated heterocycles. The van der Waals surface area contributed by atoms with E-state index in [2.05, 4.69) is 11.4 Å². The normalized spacial score (nSPS) is 20.3. The zero-order valence-corrected chi connectivity index (χ0v) is 17.3. The predicted octanol–water partition coefficient (Wildman–Crippen LogP) is 3.00. The number of urea groups is 1. The zero-order valence-electron chi connectivity index (χ0n) is 17.3. The molecular formula is C24H24N4O3. The van der Waals surface area contributed by atoms with Crippen molar-refractivity contribution >= 4 is 17.8 Å². The molecule has 2 aromatic rings. The minimum absolute atomic E-state index is 0.109. The average Bonchev–Trinajstić information content (AvgIpc) is 3.61. The molecule has 2 atom stereocenters. The van der Waals surface area contributed by atoms with Crippen LogP contribution in [0.3, 0.4) is 0 Å². The number of benzene rings is 2. The minimum atomic E-state index is -0.981. The van der Waals surface area contributed by atoms with E-state index in [0.717, 1.165) is 23.3 Å². The van der Waals surface area contributed by atoms with Crippen molar-refractivity contribution in [2.45, 2.75) is 37.9 Å². The molecule has 7 nitrogen and oxygen atoms in total. The summed E-state index contributed by atoms with van der Waals surface area (Å²) in [6.45, 7) is 1.53. The van der Waals surface area contributed by atoms with Crippen molar-refractivity contribution in [2.24, 2.45) is 5.92 Å². The topological polar surface area (TPSA) is 93.5 Å². The van der Waals surface area contributed by atoms with Gasteiger partial charge in [-0.2, -0.15) is 5.26 Å². The van der Waals surface area contributed by atoms with Gasteiger partial charge in [0.1, 0.15) is 18.1 Å². The lowest BCUT2D eigenvalue weighted by Crippen LogP contribution is -2.51. The molecule has 0 bridgehead atoms. The molecule has 2 aliphatic rings. The lowest BCUT2D eigenvalue weighted by molar-refractivity contribution is -0.133. The standard InChI is InChI=1S/C24H24N4O3/c1-24(16-25,19-12-13-19)26-20(29)15-28-22(30)21(18-10-6-3-7-11-18)27(23(28)31)14-17-8-4-2-5-9-17/h2-11,19,21H,12-15H2,1H3,(H,26,29). The van der Waals surface area contributed by atoms with Crippen LogP contribution in [0.2, 0.25) is 0 Å². The van der Waals surface area contributed by atoms with Crippen molar-refractivity contribution in [1.82, 2.24) is 15.1 Å². The van der Waals surface area contributed by atoms with E-state index in [0.29, 0.717) is 5.56 Å². The Morgan fingerprint density at radius 1 is 1.10 bits per heavy atom. The number of imide groups is 1. The third-order valence-corrected chi connectivity index (χ3v) is 5.93. The summed E-state index contributed by atoms with van der Waals surface area (Å²) in [5.41, 5.74) is 0.604. The van der Waals surface area contributed by atoms with Crippen molar-refractivity contribution in [3.63, 3.8) is 0 Å². The largest absolute Gasteiger partial charge is 0.336 e. The summed E-state index contributed by atoms with van der Waals surface area (Å²) in [6.07, 6.45) is 1.76. The number of hydrogen-bond acceptors (Lipinski definition) is 4. The molecule has 4 rings (SSSR count). The maximum atomic E-state index is 13.3. The van der Waals surface area contributed by atoms with Crippen LogP contribution in [-0.4, -0.2) is 39.7 Å². The van der Waals surface area contributed by atoms with Gasteiger partial charge < -0.3 is 10.2 Å². The Labute approximate surface area is 181 Å². The second-order valence-electron chi connectivity index (χ2n) is 8.27. The Hall–Kier alpha value is -3.66. The van der Waals surface area contributed by atoms with Crippen LogP contribution in [0.1, 0.15) is 36.9 Å². The first-order chi connectivity index (χ1) is 14.9. The highest BCUT2D eigenvalue weighted by Gasteiger charge is 2.48. The first kappa shape index (κ1) is 20.6. The van der Waals surface area contributed by atoms with Gasteiger partial charge in [0.2, 0.25) is 5.91 Å². The monoisotopic (exact) mass is 416 g/mol. The van der Waals surface area contributed by atoms with E-state index >= 15 is 0 Å². The fourth-order valence-electron chi connectivity index (χ4n) is 4.04. The van der Waals surface area contributed by atoms with Crippen LogP contribution in [0.25, 0.3) is 0 Å². The summed E-state index contributed by atoms with van der Waals surface area (Å²) in [6, 6.07) is 19.4. The second-order valence-corrected chi connectivity index (χ2v) is 8.27. The number of amides is 4. The highest BCUT2D eigenvalue weighted by molar-refractivity contribution is 6.06. The summed E-state index contributed by atoms with van der Waals surface area (Å²) in [5.74, 6) is -0.837. The summed E-state index contributed by atoms with van der Waals surface area (Å²) < 4.78 is 0. The van der Waals surface area contributed by atoms with Gasteiger partial charge in [-0.05, 0) is 36.8 Å². The Morgan fingerprint density at radius 2 is 1.71 bits per heavy atom. The zero-order chi connectivity index (χ0) is 22.0. The van der Waals surface area contributed by atoms with Crippen molar-refractivity contribution in [3.8, 4) is 6.07 Å². The molecule has 1 N–H and O–H groups in total. The van der Waals surface area contributed by atoms with Gasteiger partial charge in [-0.25, -0.2) is 4.79 Å². The molecule has 158 valence electrons. The molecule has 0 spiro atoms. The summed E-state index contributed by atoms with van der Waals surface area (Å²) >= 11 is 0. The first-order valence-electron chi connectivity index (χ1n) is 10.4. The molecule has 2 aromatic carbocycles. The number of nitrogens with one attached hydrogen (secondary N) is 1. The van der Waals surface area contributed by atoms with Gasteiger partial charge in [0.15, 0.2) is 0 Å². The van der Waals surface area contributed by atoms with Gasteiger partial charge in [-0.1, -0.05) is 60.7 Å². The SMILES string of the molecule is CC(C#N)(NC(=O)CN1C(=O)C(c2ccccc2)N(Cc2ccccc2)C1=O)C1CC1. The van der Waals surface area contributed by atoms with Crippen LogP contribution in [-0.2, 0) is 16.1 Å². The van der Waals surface area contributed by atoms with Gasteiger partial charge in [-0.3, -0.25) is 14.5 Å². The van der Waals surface area contributed by atoms with Gasteiger partial charge in [0.05, 0.1) is 6.07 Å². The van der Waals surface area contributed by atoms with E-state index in [4.69, 9.17) is 0 Å². The fraction of sp³-hybridized carbons (Fsp3) is 0.333. The molecule has 0 aromatic heterocycles. The lowest BCUT2D eigenvalue weighted by Gasteiger charge is -2.24. The molecule has 1 heterocycles. The molecule has 7 heteroatoms. The maximum Gasteiger partial charge on any atom is 0.328 e. The molecule has 0 radical (unpaired) electrons. The number of carbonyl (C=O) groups excluding carboxylic acids is 3. The highest BCUT2D eigenvalue weighted by Crippen LogP contribution is 2.39. The first-order valence-corrected chi connectivity index (χ1v) is 10.4. The number of nitriles is 1. The van der Waals surface area contributed by atoms with Crippen LogP contribution in [0.5, 0.6) is 0 Å². The number of hydrogen-bond donors (Lipinski definition) is 1. The van der Waals surface area contributed by atoms with E-state index in [9.17, 15) is 19.6 Å². The van der Waals surface area contributed by atoms with Crippen LogP contribution in [0.4, 0.5) is 4.79 Å². The summed E-state index contributed by atoms with van der Waals surface area (Å²) in [5, 5.41) is 12.2. The Bertz CT molecular complexity index is 1030. The average molecular weight is 416 g/mol. The quantitative estimate of drug-likeness (QED) is 0.702. The van der Waals surface area contributed by atoms with Gasteiger partial charge >= 0.3 is 6.03 Å². The molecule has 2 unspecified atom stereocenters. The summed E-state index contributed by atoms with van der Waals surface area (Å²) in [4.78, 5) is 41.6. The van der Waals surface area contributed by atoms with Gasteiger partial charge in [0, 0.05) is 6.54 Å². The molecule has 1 aliphatic heterocycles. The van der Waals surface area contributed by atoms with Crippen LogP contribution in [0.15, 0.2) is 60.7 Å². The van der Waals surface area contributed by atoms with Crippen molar-refractivity contribution < 1.29 is 14.4 Å². The Morgan fingerprint density at radius 3 is 2.29 bits per heavy atom. The van der Waals surface area contributed by atoms with Crippen molar-refractivity contribution in [1.29, 1.82) is 5.26 Å². The number of carbonyl (C=O) groups is 3. The fourth-order valence-corrected chi connectivity index (χ4v) is 4.04. The lowest BCUT2D eigenvalue weighted by atomic mass is 9.98. The van der Waals surface area contributed by atoms with Gasteiger partial charge in [-0.15, -0.1) is 0 Å². The molecule has 1 saturated carbocycles. The maximum absolute atomic E-state index is 13.3. The van der Waals surface area contributed by atoms with Crippen LogP contribution >= 0.6 is 0 Å². The number of rotatable bonds is 7. The molecule has 4 amide bonds. The minimum Gasteiger partial charge on any atom is -0.336 e. The molecule has 31 heavy (non-hydrogen) atoms. The molecule has 1 aliphatic carbocycles. The van der Waals surface area contributed by atoms with Crippen molar-refractivity contribution in [3.05, 3.63) is 71.8 Å². The third-order valence-electron chi connectivity index (χ3n) is 5.93. The highest BCUT2D eigenvalue weighted by atomic mass is 16.2. The van der Waals surface area contributed by atoms with E-state index in [1.54, 1.807) is 19.1 Å². The Kier molecular flexibility index (Phi) is 5.47. The smallest absolute Gasteiger partial charge is 0.328 e. The number of nitrogens with zero attached hydrogens (tertiary/aromatic N) is 3. The molecule has 2 fully saturated rings. The Balaban J connectivity index is 1.57. The molecular weight excluding hydrogens is 392 g/mol. The van der Waals surface area contributed by atoms with E-state index in [1.165, 1.54) is 4.90 Å². The predicted molar refractivity (Wildman–Crippen MR) is 113 cm³/mol. The third kappa shape index (κ3) is 4.15. The van der Waals surface area contributed by atoms with E-state index in [-0.39, 0.29) is 12.5 Å². The van der Waals surface area contributed by atoms with Crippen LogP contribution in [0, 0.1) is 17.2 Å². The van der Waals surface area contributed by atoms with Gasteiger partial charge in [0.25, 0.3) is 5.91 Å². The summed E-state index contributed by atoms with van der Waals surface area (Å²) in [7, 11) is 0.